The summed E-state index contributed by atoms with van der Waals surface area (Å²) in [6.07, 6.45) is -3.26. The van der Waals surface area contributed by atoms with E-state index in [0.717, 1.165) is 6.07 Å². The number of hydrogen-bond acceptors (Lipinski definition) is 4. The quantitative estimate of drug-likeness (QED) is 0.751. The van der Waals surface area contributed by atoms with Crippen LogP contribution in [0.15, 0.2) is 40.9 Å². The molecule has 2 aromatic heterocycles. The fourth-order valence-electron chi connectivity index (χ4n) is 2.24. The highest BCUT2D eigenvalue weighted by Crippen LogP contribution is 2.39. The summed E-state index contributed by atoms with van der Waals surface area (Å²) < 4.78 is 45.0. The number of carbonyl (C=O) groups is 1. The lowest BCUT2D eigenvalue weighted by Gasteiger charge is -2.09. The number of pyridine rings is 1. The zero-order chi connectivity index (χ0) is 16.6. The van der Waals surface area contributed by atoms with Gasteiger partial charge in [0.15, 0.2) is 5.76 Å². The summed E-state index contributed by atoms with van der Waals surface area (Å²) in [5.41, 5.74) is 4.51. The molecule has 0 amide bonds. The molecule has 7 heteroatoms. The number of nitrogens with two attached hydrogens (primary N) is 1. The van der Waals surface area contributed by atoms with Crippen molar-refractivity contribution in [1.82, 2.24) is 4.98 Å². The van der Waals surface area contributed by atoms with Crippen molar-refractivity contribution in [3.05, 3.63) is 53.9 Å². The van der Waals surface area contributed by atoms with Crippen LogP contribution in [0.2, 0.25) is 0 Å². The normalized spacial score (nSPS) is 11.8. The number of Topliss-reactive ketones (excluding diaryl/α,β-unsaturated/α-hetero) is 1. The predicted octanol–water partition coefficient (Wildman–Crippen LogP) is 3.46. The van der Waals surface area contributed by atoms with Crippen molar-refractivity contribution in [1.29, 1.82) is 0 Å². The van der Waals surface area contributed by atoms with E-state index in [-0.39, 0.29) is 28.8 Å². The van der Waals surface area contributed by atoms with Gasteiger partial charge in [0.2, 0.25) is 5.78 Å². The third kappa shape index (κ3) is 2.83. The number of aromatic nitrogens is 1. The first-order valence-electron chi connectivity index (χ1n) is 6.60. The van der Waals surface area contributed by atoms with E-state index in [9.17, 15) is 18.0 Å². The second-order valence-electron chi connectivity index (χ2n) is 4.82. The van der Waals surface area contributed by atoms with Crippen LogP contribution in [0, 0.1) is 6.07 Å². The van der Waals surface area contributed by atoms with E-state index in [1.165, 1.54) is 18.3 Å². The van der Waals surface area contributed by atoms with E-state index in [2.05, 4.69) is 11.1 Å². The number of fused-ring (bicyclic) bond motifs is 1. The highest BCUT2D eigenvalue weighted by molar-refractivity contribution is 6.00. The highest BCUT2D eigenvalue weighted by atomic mass is 19.4. The van der Waals surface area contributed by atoms with Gasteiger partial charge in [-0.2, -0.15) is 13.2 Å². The number of furan rings is 1. The molecule has 0 spiro atoms. The number of hydrogen-bond donors (Lipinski definition) is 1. The minimum atomic E-state index is -4.63. The monoisotopic (exact) mass is 319 g/mol. The molecular formula is C16H10F3N2O2. The molecule has 1 radical (unpaired) electrons. The third-order valence-corrected chi connectivity index (χ3v) is 3.29. The van der Waals surface area contributed by atoms with Gasteiger partial charge in [-0.1, -0.05) is 6.07 Å². The van der Waals surface area contributed by atoms with Crippen molar-refractivity contribution in [2.45, 2.75) is 6.18 Å². The minimum Gasteiger partial charge on any atom is -0.452 e. The SMILES string of the molecule is NCC(=O)c1cc2cc(-c3cc[c]cn3)cc(C(F)(F)F)c2o1. The van der Waals surface area contributed by atoms with Crippen molar-refractivity contribution < 1.29 is 22.4 Å². The van der Waals surface area contributed by atoms with Gasteiger partial charge in [0.05, 0.1) is 17.8 Å². The number of alkyl halides is 3. The standard InChI is InChI=1S/C16H10F3N2O2/c17-16(18,19)11-6-9(12-3-1-2-4-21-12)5-10-7-14(13(22)8-20)23-15(10)11/h1,3-7H,8,20H2. The Morgan fingerprint density at radius 1 is 1.30 bits per heavy atom. The summed E-state index contributed by atoms with van der Waals surface area (Å²) in [6, 6.07) is 9.51. The van der Waals surface area contributed by atoms with Crippen LogP contribution in [0.5, 0.6) is 0 Å². The first-order valence-corrected chi connectivity index (χ1v) is 6.60. The first kappa shape index (κ1) is 15.2. The topological polar surface area (TPSA) is 69.1 Å². The van der Waals surface area contributed by atoms with Crippen LogP contribution in [0.1, 0.15) is 16.1 Å². The van der Waals surface area contributed by atoms with Crippen molar-refractivity contribution in [3.8, 4) is 11.3 Å². The van der Waals surface area contributed by atoms with Crippen LogP contribution in [-0.2, 0) is 6.18 Å². The van der Waals surface area contributed by atoms with Crippen molar-refractivity contribution >= 4 is 16.8 Å². The summed E-state index contributed by atoms with van der Waals surface area (Å²) in [7, 11) is 0. The maximum Gasteiger partial charge on any atom is 0.420 e. The lowest BCUT2D eigenvalue weighted by molar-refractivity contribution is -0.136. The van der Waals surface area contributed by atoms with Gasteiger partial charge in [-0.25, -0.2) is 0 Å². The Morgan fingerprint density at radius 2 is 2.09 bits per heavy atom. The second kappa shape index (κ2) is 5.51. The van der Waals surface area contributed by atoms with E-state index in [4.69, 9.17) is 10.2 Å². The average molecular weight is 319 g/mol. The molecule has 0 bridgehead atoms. The van der Waals surface area contributed by atoms with E-state index in [1.807, 2.05) is 0 Å². The van der Waals surface area contributed by atoms with Gasteiger partial charge in [0, 0.05) is 23.2 Å². The van der Waals surface area contributed by atoms with Crippen LogP contribution in [0.4, 0.5) is 13.2 Å². The molecule has 1 aromatic carbocycles. The lowest BCUT2D eigenvalue weighted by atomic mass is 10.0. The van der Waals surface area contributed by atoms with E-state index < -0.39 is 17.5 Å². The fraction of sp³-hybridized carbons (Fsp3) is 0.125. The molecule has 2 N–H and O–H groups in total. The third-order valence-electron chi connectivity index (χ3n) is 3.29. The van der Waals surface area contributed by atoms with Gasteiger partial charge in [-0.15, -0.1) is 0 Å². The Bertz CT molecular complexity index is 870. The molecule has 2 heterocycles. The van der Waals surface area contributed by atoms with Crippen molar-refractivity contribution in [2.24, 2.45) is 5.73 Å². The summed E-state index contributed by atoms with van der Waals surface area (Å²) >= 11 is 0. The maximum absolute atomic E-state index is 13.3. The van der Waals surface area contributed by atoms with Gasteiger partial charge >= 0.3 is 6.18 Å². The van der Waals surface area contributed by atoms with Crippen LogP contribution < -0.4 is 5.73 Å². The summed E-state index contributed by atoms with van der Waals surface area (Å²) in [5, 5.41) is 0.168. The van der Waals surface area contributed by atoms with Crippen LogP contribution in [-0.4, -0.2) is 17.3 Å². The average Bonchev–Trinajstić information content (AvgIpc) is 2.96. The fourth-order valence-corrected chi connectivity index (χ4v) is 2.24. The zero-order valence-electron chi connectivity index (χ0n) is 11.6. The van der Waals surface area contributed by atoms with Crippen molar-refractivity contribution in [2.75, 3.05) is 6.54 Å². The van der Waals surface area contributed by atoms with Gasteiger partial charge in [0.25, 0.3) is 0 Å². The number of nitrogens with zero attached hydrogens (tertiary/aromatic N) is 1. The van der Waals surface area contributed by atoms with Crippen molar-refractivity contribution in [3.63, 3.8) is 0 Å². The number of rotatable bonds is 3. The molecule has 23 heavy (non-hydrogen) atoms. The van der Waals surface area contributed by atoms with E-state index >= 15 is 0 Å². The van der Waals surface area contributed by atoms with Gasteiger partial charge in [-0.3, -0.25) is 9.78 Å². The number of benzene rings is 1. The molecule has 0 fully saturated rings. The summed E-state index contributed by atoms with van der Waals surface area (Å²) in [4.78, 5) is 15.6. The second-order valence-corrected chi connectivity index (χ2v) is 4.82. The molecule has 0 atom stereocenters. The Balaban J connectivity index is 2.27. The number of halogens is 3. The van der Waals surface area contributed by atoms with E-state index in [1.54, 1.807) is 12.1 Å². The molecule has 0 unspecified atom stereocenters. The highest BCUT2D eigenvalue weighted by Gasteiger charge is 2.35. The van der Waals surface area contributed by atoms with Crippen LogP contribution in [0.25, 0.3) is 22.2 Å². The zero-order valence-corrected chi connectivity index (χ0v) is 11.6. The van der Waals surface area contributed by atoms with Crippen LogP contribution in [0.3, 0.4) is 0 Å². The van der Waals surface area contributed by atoms with Gasteiger partial charge in [0.1, 0.15) is 5.58 Å². The molecule has 3 aromatic rings. The molecule has 0 saturated carbocycles. The molecule has 0 aliphatic heterocycles. The predicted molar refractivity (Wildman–Crippen MR) is 76.7 cm³/mol. The summed E-state index contributed by atoms with van der Waals surface area (Å²) in [5.74, 6) is -0.761. The molecule has 0 aliphatic rings. The molecule has 0 aliphatic carbocycles. The van der Waals surface area contributed by atoms with Gasteiger partial charge in [-0.05, 0) is 24.3 Å². The Labute approximate surface area is 128 Å². The minimum absolute atomic E-state index is 0.168. The largest absolute Gasteiger partial charge is 0.452 e. The number of carbonyl (C=O) groups excluding carboxylic acids is 1. The Morgan fingerprint density at radius 3 is 2.70 bits per heavy atom. The summed E-state index contributed by atoms with van der Waals surface area (Å²) in [6.45, 7) is -0.343. The molecule has 117 valence electrons. The number of ketones is 1. The lowest BCUT2D eigenvalue weighted by Crippen LogP contribution is -2.12. The van der Waals surface area contributed by atoms with Crippen LogP contribution >= 0.6 is 0 Å². The van der Waals surface area contributed by atoms with E-state index in [0.29, 0.717) is 5.69 Å². The Kier molecular flexibility index (Phi) is 3.65. The van der Waals surface area contributed by atoms with Gasteiger partial charge < -0.3 is 10.2 Å². The maximum atomic E-state index is 13.3. The first-order chi connectivity index (χ1) is 10.9. The molecular weight excluding hydrogens is 309 g/mol. The smallest absolute Gasteiger partial charge is 0.420 e. The molecule has 0 saturated heterocycles. The molecule has 4 nitrogen and oxygen atoms in total. The molecule has 3 rings (SSSR count). The Hall–Kier alpha value is -2.67.